The molecule has 26 heavy (non-hydrogen) atoms. The molecule has 144 valence electrons. The molecule has 8 heteroatoms. The molecule has 1 fully saturated rings. The molecule has 0 spiro atoms. The third-order valence-electron chi connectivity index (χ3n) is 4.41. The molecular weight excluding hydrogens is 353 g/mol. The third kappa shape index (κ3) is 7.23. The summed E-state index contributed by atoms with van der Waals surface area (Å²) in [7, 11) is 4.29. The predicted molar refractivity (Wildman–Crippen MR) is 105 cm³/mol. The summed E-state index contributed by atoms with van der Waals surface area (Å²) >= 11 is 5.46. The zero-order chi connectivity index (χ0) is 18.9. The number of carbonyl (C=O) groups is 1. The van der Waals surface area contributed by atoms with Crippen LogP contribution in [0.5, 0.6) is 0 Å². The Bertz CT molecular complexity index is 605. The Morgan fingerprint density at radius 1 is 1.35 bits per heavy atom. The summed E-state index contributed by atoms with van der Waals surface area (Å²) in [6.45, 7) is 5.80. The van der Waals surface area contributed by atoms with Crippen LogP contribution in [0.1, 0.15) is 6.42 Å². The normalized spacial score (nSPS) is 15.2. The molecule has 4 N–H and O–H groups in total. The van der Waals surface area contributed by atoms with Gasteiger partial charge in [-0.2, -0.15) is 0 Å². The minimum absolute atomic E-state index is 0.0917. The second-order valence-corrected chi connectivity index (χ2v) is 7.40. The fourth-order valence-corrected chi connectivity index (χ4v) is 3.23. The smallest absolute Gasteiger partial charge is 0.279 e. The predicted octanol–water partition coefficient (Wildman–Crippen LogP) is -1.63. The van der Waals surface area contributed by atoms with E-state index in [1.807, 2.05) is 0 Å². The first-order valence-corrected chi connectivity index (χ1v) is 9.55. The lowest BCUT2D eigenvalue weighted by Crippen LogP contribution is -3.15. The van der Waals surface area contributed by atoms with Crippen molar-refractivity contribution in [1.29, 1.82) is 0 Å². The number of thiocarbonyl (C=S) groups is 1. The fraction of sp³-hybridized carbons (Fsp3) is 0.556. The Morgan fingerprint density at radius 2 is 2.08 bits per heavy atom. The molecule has 0 bridgehead atoms. The molecule has 0 aromatic heterocycles. The number of piperazine rings is 1. The van der Waals surface area contributed by atoms with Gasteiger partial charge in [-0.15, -0.1) is 0 Å². The van der Waals surface area contributed by atoms with E-state index in [0.717, 1.165) is 50.8 Å². The summed E-state index contributed by atoms with van der Waals surface area (Å²) in [6.07, 6.45) is 1.09. The van der Waals surface area contributed by atoms with E-state index in [0.29, 0.717) is 12.2 Å². The number of rotatable bonds is 7. The van der Waals surface area contributed by atoms with Crippen molar-refractivity contribution in [2.45, 2.75) is 6.42 Å². The number of hydrogen-bond acceptors (Lipinski definition) is 2. The zero-order valence-corrected chi connectivity index (χ0v) is 16.4. The average Bonchev–Trinajstić information content (AvgIpc) is 2.59. The molecule has 6 nitrogen and oxygen atoms in total. The van der Waals surface area contributed by atoms with Gasteiger partial charge in [0.2, 0.25) is 0 Å². The van der Waals surface area contributed by atoms with Crippen LogP contribution in [0.25, 0.3) is 0 Å². The molecule has 1 aromatic rings. The zero-order valence-electron chi connectivity index (χ0n) is 15.6. The molecule has 0 unspecified atom stereocenters. The molecular formula is C18H30FN5OS+2. The van der Waals surface area contributed by atoms with Gasteiger partial charge in [0.25, 0.3) is 5.91 Å². The summed E-state index contributed by atoms with van der Waals surface area (Å²) in [5.41, 5.74) is 0.498. The van der Waals surface area contributed by atoms with Crippen molar-refractivity contribution < 1.29 is 19.0 Å². The van der Waals surface area contributed by atoms with Crippen LogP contribution in [0.15, 0.2) is 24.3 Å². The van der Waals surface area contributed by atoms with E-state index in [2.05, 4.69) is 29.6 Å². The maximum absolute atomic E-state index is 13.2. The molecule has 1 aromatic carbocycles. The second-order valence-electron chi connectivity index (χ2n) is 7.01. The van der Waals surface area contributed by atoms with Gasteiger partial charge in [0.05, 0.1) is 46.8 Å². The lowest BCUT2D eigenvalue weighted by atomic mass is 10.3. The van der Waals surface area contributed by atoms with Gasteiger partial charge in [-0.3, -0.25) is 4.79 Å². The van der Waals surface area contributed by atoms with Gasteiger partial charge in [-0.25, -0.2) is 4.39 Å². The molecule has 1 aliphatic heterocycles. The summed E-state index contributed by atoms with van der Waals surface area (Å²) in [4.78, 5) is 17.0. The van der Waals surface area contributed by atoms with Gasteiger partial charge in [0.1, 0.15) is 5.82 Å². The van der Waals surface area contributed by atoms with Crippen LogP contribution in [-0.2, 0) is 4.79 Å². The quantitative estimate of drug-likeness (QED) is 0.338. The Balaban J connectivity index is 1.66. The maximum atomic E-state index is 13.2. The topological polar surface area (TPSA) is 53.2 Å². The van der Waals surface area contributed by atoms with E-state index in [4.69, 9.17) is 12.2 Å². The van der Waals surface area contributed by atoms with Crippen molar-refractivity contribution in [2.24, 2.45) is 0 Å². The Hall–Kier alpha value is -1.77. The first-order chi connectivity index (χ1) is 12.4. The first-order valence-electron chi connectivity index (χ1n) is 9.15. The molecule has 1 amide bonds. The largest absolute Gasteiger partial charge is 0.362 e. The number of hydrogen-bond donors (Lipinski definition) is 4. The molecule has 1 aliphatic rings. The number of anilines is 1. The molecule has 0 atom stereocenters. The minimum Gasteiger partial charge on any atom is -0.362 e. The van der Waals surface area contributed by atoms with Crippen molar-refractivity contribution >= 4 is 28.9 Å². The van der Waals surface area contributed by atoms with Crippen LogP contribution in [0.2, 0.25) is 0 Å². The molecule has 0 saturated carbocycles. The molecule has 0 radical (unpaired) electrons. The number of benzene rings is 1. The highest BCUT2D eigenvalue weighted by Gasteiger charge is 2.23. The van der Waals surface area contributed by atoms with Crippen LogP contribution in [0.3, 0.4) is 0 Å². The highest BCUT2D eigenvalue weighted by Crippen LogP contribution is 2.08. The summed E-state index contributed by atoms with van der Waals surface area (Å²) in [5, 5.41) is 6.88. The Kier molecular flexibility index (Phi) is 8.21. The summed E-state index contributed by atoms with van der Waals surface area (Å²) in [5.74, 6) is -0.442. The van der Waals surface area contributed by atoms with E-state index < -0.39 is 0 Å². The Labute approximate surface area is 160 Å². The van der Waals surface area contributed by atoms with Crippen LogP contribution < -0.4 is 20.4 Å². The number of quaternary nitrogens is 2. The maximum Gasteiger partial charge on any atom is 0.279 e. The number of halogens is 1. The van der Waals surface area contributed by atoms with Crippen LogP contribution >= 0.6 is 12.2 Å². The highest BCUT2D eigenvalue weighted by molar-refractivity contribution is 7.80. The van der Waals surface area contributed by atoms with Crippen molar-refractivity contribution in [2.75, 3.05) is 65.2 Å². The van der Waals surface area contributed by atoms with E-state index >= 15 is 0 Å². The van der Waals surface area contributed by atoms with Crippen molar-refractivity contribution in [3.05, 3.63) is 30.1 Å². The number of nitrogens with one attached hydrogen (secondary N) is 4. The lowest BCUT2D eigenvalue weighted by molar-refractivity contribution is -0.895. The van der Waals surface area contributed by atoms with Crippen LogP contribution in [0, 0.1) is 5.82 Å². The SMILES string of the molecule is C[NH+](C)CCCNC(=S)N1CC[NH+](CC(=O)Nc2cccc(F)c2)CC1. The van der Waals surface area contributed by atoms with Crippen LogP contribution in [0.4, 0.5) is 10.1 Å². The second kappa shape index (κ2) is 10.4. The minimum atomic E-state index is -0.350. The fourth-order valence-electron chi connectivity index (χ4n) is 2.95. The van der Waals surface area contributed by atoms with Gasteiger partial charge in [-0.1, -0.05) is 6.07 Å². The van der Waals surface area contributed by atoms with Gasteiger partial charge in [0.15, 0.2) is 11.7 Å². The van der Waals surface area contributed by atoms with E-state index in [1.54, 1.807) is 12.1 Å². The molecule has 1 heterocycles. The monoisotopic (exact) mass is 383 g/mol. The number of carbonyl (C=O) groups excluding carboxylic acids is 1. The van der Waals surface area contributed by atoms with E-state index in [-0.39, 0.29) is 11.7 Å². The number of nitrogens with zero attached hydrogens (tertiary/aromatic N) is 1. The molecule has 0 aliphatic carbocycles. The van der Waals surface area contributed by atoms with Gasteiger partial charge < -0.3 is 25.3 Å². The third-order valence-corrected chi connectivity index (χ3v) is 4.81. The lowest BCUT2D eigenvalue weighted by Gasteiger charge is -2.33. The van der Waals surface area contributed by atoms with E-state index in [1.165, 1.54) is 21.9 Å². The number of amides is 1. The van der Waals surface area contributed by atoms with Crippen molar-refractivity contribution in [1.82, 2.24) is 10.2 Å². The highest BCUT2D eigenvalue weighted by atomic mass is 32.1. The van der Waals surface area contributed by atoms with Crippen molar-refractivity contribution in [3.63, 3.8) is 0 Å². The Morgan fingerprint density at radius 3 is 2.73 bits per heavy atom. The molecule has 1 saturated heterocycles. The van der Waals surface area contributed by atoms with Gasteiger partial charge in [0, 0.05) is 18.7 Å². The van der Waals surface area contributed by atoms with Gasteiger partial charge >= 0.3 is 0 Å². The van der Waals surface area contributed by atoms with E-state index in [9.17, 15) is 9.18 Å². The standard InChI is InChI=1S/C18H28FN5OS/c1-22(2)8-4-7-20-18(26)24-11-9-23(10-12-24)14-17(25)21-16-6-3-5-15(19)13-16/h3,5-6,13H,4,7-12,14H2,1-2H3,(H,20,26)(H,21,25)/p+2. The average molecular weight is 384 g/mol. The van der Waals surface area contributed by atoms with Crippen LogP contribution in [-0.4, -0.2) is 75.8 Å². The molecule has 2 rings (SSSR count). The van der Waals surface area contributed by atoms with Crippen molar-refractivity contribution in [3.8, 4) is 0 Å². The summed E-state index contributed by atoms with van der Waals surface area (Å²) < 4.78 is 13.2. The first kappa shape index (κ1) is 20.5. The summed E-state index contributed by atoms with van der Waals surface area (Å²) in [6, 6.07) is 5.96. The van der Waals surface area contributed by atoms with Gasteiger partial charge in [-0.05, 0) is 30.4 Å².